The standard InChI is InChI=1S/C24H25BrClF3N4O5/c1-14(2)37-9-3-8-30-22(35)23(36)33-31-12-15-10-17(26)5-7-20(15)38-13-21(34)32-19-6-4-16(25)11-18(19)24(27,28)29/h4-7,10-12,14H,3,8-9,13H2,1-2H3,(H,30,35)(H,32,34)(H,33,36)/b31-12-. The second-order valence-electron chi connectivity index (χ2n) is 7.93. The highest BCUT2D eigenvalue weighted by Crippen LogP contribution is 2.36. The third-order valence-corrected chi connectivity index (χ3v) is 5.25. The normalized spacial score (nSPS) is 11.5. The summed E-state index contributed by atoms with van der Waals surface area (Å²) in [5, 5.41) is 8.57. The number of carbonyl (C=O) groups excluding carboxylic acids is 3. The first-order valence-corrected chi connectivity index (χ1v) is 12.4. The Labute approximate surface area is 230 Å². The Hall–Kier alpha value is -3.16. The molecular formula is C24H25BrClF3N4O5. The van der Waals surface area contributed by atoms with E-state index in [0.29, 0.717) is 13.0 Å². The lowest BCUT2D eigenvalue weighted by atomic mass is 10.1. The van der Waals surface area contributed by atoms with Crippen molar-refractivity contribution in [1.29, 1.82) is 0 Å². The molecule has 0 saturated heterocycles. The monoisotopic (exact) mass is 620 g/mol. The fraction of sp³-hybridized carbons (Fsp3) is 0.333. The summed E-state index contributed by atoms with van der Waals surface area (Å²) in [7, 11) is 0. The quantitative estimate of drug-likeness (QED) is 0.148. The molecule has 0 unspecified atom stereocenters. The van der Waals surface area contributed by atoms with Crippen molar-refractivity contribution in [3.05, 3.63) is 57.0 Å². The third kappa shape index (κ3) is 10.7. The van der Waals surface area contributed by atoms with Gasteiger partial charge in [0.05, 0.1) is 23.6 Å². The number of benzene rings is 2. The van der Waals surface area contributed by atoms with E-state index in [2.05, 4.69) is 37.1 Å². The SMILES string of the molecule is CC(C)OCCCNC(=O)C(=O)N/N=C\c1cc(Cl)ccc1OCC(=O)Nc1ccc(Br)cc1C(F)(F)F. The molecule has 0 aliphatic heterocycles. The molecule has 2 aromatic rings. The van der Waals surface area contributed by atoms with Crippen LogP contribution in [0, 0.1) is 0 Å². The maximum Gasteiger partial charge on any atom is 0.418 e. The number of alkyl halides is 3. The summed E-state index contributed by atoms with van der Waals surface area (Å²) in [4.78, 5) is 36.0. The minimum Gasteiger partial charge on any atom is -0.483 e. The van der Waals surface area contributed by atoms with Crippen LogP contribution in [0.15, 0.2) is 46.0 Å². The molecule has 0 bridgehead atoms. The lowest BCUT2D eigenvalue weighted by molar-refractivity contribution is -0.139. The van der Waals surface area contributed by atoms with Gasteiger partial charge in [0.1, 0.15) is 5.75 Å². The fourth-order valence-corrected chi connectivity index (χ4v) is 3.37. The Bertz CT molecular complexity index is 1180. The van der Waals surface area contributed by atoms with E-state index < -0.39 is 41.8 Å². The van der Waals surface area contributed by atoms with Gasteiger partial charge < -0.3 is 20.1 Å². The number of hydrogen-bond acceptors (Lipinski definition) is 6. The molecule has 14 heteroatoms. The summed E-state index contributed by atoms with van der Waals surface area (Å²) in [6.07, 6.45) is -2.96. The van der Waals surface area contributed by atoms with Crippen molar-refractivity contribution < 1.29 is 37.0 Å². The van der Waals surface area contributed by atoms with Crippen molar-refractivity contribution in [2.24, 2.45) is 5.10 Å². The number of nitrogens with zero attached hydrogens (tertiary/aromatic N) is 1. The zero-order valence-corrected chi connectivity index (χ0v) is 22.7. The topological polar surface area (TPSA) is 118 Å². The highest BCUT2D eigenvalue weighted by molar-refractivity contribution is 9.10. The Morgan fingerprint density at radius 3 is 2.55 bits per heavy atom. The van der Waals surface area contributed by atoms with Gasteiger partial charge in [0, 0.05) is 28.2 Å². The van der Waals surface area contributed by atoms with E-state index in [-0.39, 0.29) is 33.5 Å². The van der Waals surface area contributed by atoms with Crippen molar-refractivity contribution in [1.82, 2.24) is 10.7 Å². The molecule has 2 aromatic carbocycles. The van der Waals surface area contributed by atoms with Crippen LogP contribution in [-0.2, 0) is 25.3 Å². The van der Waals surface area contributed by atoms with Gasteiger partial charge in [-0.3, -0.25) is 14.4 Å². The average molecular weight is 622 g/mol. The third-order valence-electron chi connectivity index (χ3n) is 4.53. The average Bonchev–Trinajstić information content (AvgIpc) is 2.83. The predicted octanol–water partition coefficient (Wildman–Crippen LogP) is 4.52. The molecule has 0 heterocycles. The zero-order chi connectivity index (χ0) is 28.3. The highest BCUT2D eigenvalue weighted by atomic mass is 79.9. The van der Waals surface area contributed by atoms with Gasteiger partial charge in [-0.1, -0.05) is 27.5 Å². The van der Waals surface area contributed by atoms with Crippen LogP contribution in [0.5, 0.6) is 5.75 Å². The second kappa shape index (κ2) is 14.7. The number of ether oxygens (including phenoxy) is 2. The zero-order valence-electron chi connectivity index (χ0n) is 20.3. The maximum absolute atomic E-state index is 13.3. The predicted molar refractivity (Wildman–Crippen MR) is 139 cm³/mol. The fourth-order valence-electron chi connectivity index (χ4n) is 2.83. The molecule has 3 amide bonds. The first-order valence-electron chi connectivity index (χ1n) is 11.2. The molecule has 0 aliphatic rings. The number of amides is 3. The van der Waals surface area contributed by atoms with Crippen molar-refractivity contribution in [2.75, 3.05) is 25.1 Å². The van der Waals surface area contributed by atoms with Crippen molar-refractivity contribution in [3.8, 4) is 5.75 Å². The molecule has 0 saturated carbocycles. The molecule has 0 fully saturated rings. The number of nitrogens with one attached hydrogen (secondary N) is 3. The van der Waals surface area contributed by atoms with E-state index in [1.165, 1.54) is 24.3 Å². The van der Waals surface area contributed by atoms with E-state index in [1.807, 2.05) is 13.8 Å². The Kier molecular flexibility index (Phi) is 12.0. The molecule has 0 atom stereocenters. The van der Waals surface area contributed by atoms with Gasteiger partial charge in [-0.05, 0) is 56.7 Å². The Morgan fingerprint density at radius 1 is 1.13 bits per heavy atom. The Morgan fingerprint density at radius 2 is 1.87 bits per heavy atom. The molecule has 0 aliphatic carbocycles. The summed E-state index contributed by atoms with van der Waals surface area (Å²) in [6, 6.07) is 7.59. The van der Waals surface area contributed by atoms with Crippen LogP contribution >= 0.6 is 27.5 Å². The smallest absolute Gasteiger partial charge is 0.418 e. The molecule has 206 valence electrons. The number of anilines is 1. The first-order chi connectivity index (χ1) is 17.9. The molecular weight excluding hydrogens is 597 g/mol. The number of halogens is 5. The van der Waals surface area contributed by atoms with E-state index in [0.717, 1.165) is 18.3 Å². The van der Waals surface area contributed by atoms with Gasteiger partial charge in [-0.2, -0.15) is 18.3 Å². The van der Waals surface area contributed by atoms with Gasteiger partial charge in [0.25, 0.3) is 5.91 Å². The van der Waals surface area contributed by atoms with Crippen molar-refractivity contribution >= 4 is 57.2 Å². The molecule has 3 N–H and O–H groups in total. The van der Waals surface area contributed by atoms with E-state index in [4.69, 9.17) is 21.1 Å². The van der Waals surface area contributed by atoms with E-state index in [9.17, 15) is 27.6 Å². The maximum atomic E-state index is 13.3. The lowest BCUT2D eigenvalue weighted by Gasteiger charge is -2.15. The summed E-state index contributed by atoms with van der Waals surface area (Å²) in [5.41, 5.74) is 0.836. The van der Waals surface area contributed by atoms with Crippen LogP contribution in [0.25, 0.3) is 0 Å². The number of hydrogen-bond donors (Lipinski definition) is 3. The largest absolute Gasteiger partial charge is 0.483 e. The van der Waals surface area contributed by atoms with E-state index in [1.54, 1.807) is 0 Å². The molecule has 0 spiro atoms. The van der Waals surface area contributed by atoms with Gasteiger partial charge in [0.2, 0.25) is 0 Å². The van der Waals surface area contributed by atoms with Crippen LogP contribution in [0.2, 0.25) is 5.02 Å². The van der Waals surface area contributed by atoms with Crippen LogP contribution in [0.4, 0.5) is 18.9 Å². The van der Waals surface area contributed by atoms with Gasteiger partial charge >= 0.3 is 18.0 Å². The van der Waals surface area contributed by atoms with Crippen LogP contribution in [0.3, 0.4) is 0 Å². The minimum absolute atomic E-state index is 0.0619. The summed E-state index contributed by atoms with van der Waals surface area (Å²) >= 11 is 8.96. The minimum atomic E-state index is -4.68. The molecule has 0 radical (unpaired) electrons. The number of rotatable bonds is 11. The number of carbonyl (C=O) groups is 3. The van der Waals surface area contributed by atoms with Crippen LogP contribution < -0.4 is 20.8 Å². The molecule has 38 heavy (non-hydrogen) atoms. The summed E-state index contributed by atoms with van der Waals surface area (Å²) in [5.74, 6) is -2.65. The van der Waals surface area contributed by atoms with Gasteiger partial charge in [0.15, 0.2) is 6.61 Å². The summed E-state index contributed by atoms with van der Waals surface area (Å²) < 4.78 is 50.8. The van der Waals surface area contributed by atoms with Crippen molar-refractivity contribution in [3.63, 3.8) is 0 Å². The van der Waals surface area contributed by atoms with Crippen LogP contribution in [0.1, 0.15) is 31.4 Å². The highest BCUT2D eigenvalue weighted by Gasteiger charge is 2.34. The summed E-state index contributed by atoms with van der Waals surface area (Å²) in [6.45, 7) is 3.80. The van der Waals surface area contributed by atoms with Crippen LogP contribution in [-0.4, -0.2) is 49.8 Å². The van der Waals surface area contributed by atoms with Gasteiger partial charge in [-0.25, -0.2) is 5.43 Å². The second-order valence-corrected chi connectivity index (χ2v) is 9.29. The van der Waals surface area contributed by atoms with Crippen molar-refractivity contribution in [2.45, 2.75) is 32.5 Å². The van der Waals surface area contributed by atoms with Gasteiger partial charge in [-0.15, -0.1) is 0 Å². The lowest BCUT2D eigenvalue weighted by Crippen LogP contribution is -2.38. The Balaban J connectivity index is 1.94. The molecule has 2 rings (SSSR count). The molecule has 0 aromatic heterocycles. The number of hydrazone groups is 1. The first kappa shape index (κ1) is 31.1. The molecule has 9 nitrogen and oxygen atoms in total. The van der Waals surface area contributed by atoms with E-state index >= 15 is 0 Å².